The lowest BCUT2D eigenvalue weighted by Crippen LogP contribution is -2.51. The quantitative estimate of drug-likeness (QED) is 0.344. The molecule has 1 rings (SSSR count). The first-order chi connectivity index (χ1) is 4.20. The lowest BCUT2D eigenvalue weighted by molar-refractivity contribution is -0.121. The van der Waals surface area contributed by atoms with Crippen molar-refractivity contribution in [3.05, 3.63) is 0 Å². The summed E-state index contributed by atoms with van der Waals surface area (Å²) in [4.78, 5) is 14.3. The van der Waals surface area contributed by atoms with Gasteiger partial charge in [0.2, 0.25) is 5.91 Å². The molecule has 0 aromatic rings. The summed E-state index contributed by atoms with van der Waals surface area (Å²) in [7, 11) is 0. The molecule has 0 aromatic heterocycles. The van der Waals surface area contributed by atoms with Crippen LogP contribution in [-0.4, -0.2) is 24.5 Å². The van der Waals surface area contributed by atoms with Crippen LogP contribution in [0.15, 0.2) is 4.99 Å². The Balaban J connectivity index is 2.65. The molecule has 1 aliphatic rings. The third-order valence-corrected chi connectivity index (χ3v) is 1.05. The van der Waals surface area contributed by atoms with E-state index in [0.29, 0.717) is 0 Å². The largest absolute Gasteiger partial charge is 0.370 e. The SMILES string of the molecule is NC1=NCC(N)C(=O)N1. The standard InChI is InChI=1S/C4H8N4O/c5-2-1-7-4(6)8-3(2)9/h2H,1,5H2,(H3,6,7,8,9). The molecule has 1 unspecified atom stereocenters. The second-order valence-corrected chi connectivity index (χ2v) is 1.82. The molecule has 0 spiro atoms. The summed E-state index contributed by atoms with van der Waals surface area (Å²) < 4.78 is 0. The minimum Gasteiger partial charge on any atom is -0.370 e. The van der Waals surface area contributed by atoms with Crippen LogP contribution in [0.1, 0.15) is 0 Å². The van der Waals surface area contributed by atoms with Crippen LogP contribution in [0.3, 0.4) is 0 Å². The molecule has 50 valence electrons. The Morgan fingerprint density at radius 1 is 1.78 bits per heavy atom. The third-order valence-electron chi connectivity index (χ3n) is 1.05. The van der Waals surface area contributed by atoms with Gasteiger partial charge in [-0.25, -0.2) is 0 Å². The van der Waals surface area contributed by atoms with Gasteiger partial charge in [-0.3, -0.25) is 15.1 Å². The highest BCUT2D eigenvalue weighted by atomic mass is 16.2. The monoisotopic (exact) mass is 128 g/mol. The number of hydrogen-bond donors (Lipinski definition) is 3. The van der Waals surface area contributed by atoms with Crippen molar-refractivity contribution >= 4 is 11.9 Å². The average Bonchev–Trinajstić information content (AvgIpc) is 1.80. The summed E-state index contributed by atoms with van der Waals surface area (Å²) in [5.41, 5.74) is 10.4. The zero-order valence-electron chi connectivity index (χ0n) is 4.79. The number of carbonyl (C=O) groups excluding carboxylic acids is 1. The van der Waals surface area contributed by atoms with Crippen LogP contribution in [0.25, 0.3) is 0 Å². The van der Waals surface area contributed by atoms with Gasteiger partial charge in [0.1, 0.15) is 6.04 Å². The number of hydrogen-bond acceptors (Lipinski definition) is 4. The highest BCUT2D eigenvalue weighted by molar-refractivity contribution is 6.00. The van der Waals surface area contributed by atoms with E-state index in [-0.39, 0.29) is 18.4 Å². The predicted octanol–water partition coefficient (Wildman–Crippen LogP) is -2.24. The van der Waals surface area contributed by atoms with Crippen LogP contribution in [0.5, 0.6) is 0 Å². The van der Waals surface area contributed by atoms with Crippen molar-refractivity contribution < 1.29 is 4.79 Å². The molecule has 5 N–H and O–H groups in total. The molecule has 0 aliphatic carbocycles. The fraction of sp³-hybridized carbons (Fsp3) is 0.500. The number of nitrogens with zero attached hydrogens (tertiary/aromatic N) is 1. The Morgan fingerprint density at radius 2 is 2.44 bits per heavy atom. The number of guanidine groups is 1. The van der Waals surface area contributed by atoms with Gasteiger partial charge < -0.3 is 11.5 Å². The van der Waals surface area contributed by atoms with Crippen molar-refractivity contribution in [3.63, 3.8) is 0 Å². The van der Waals surface area contributed by atoms with Gasteiger partial charge in [-0.05, 0) is 0 Å². The van der Waals surface area contributed by atoms with E-state index in [4.69, 9.17) is 11.5 Å². The van der Waals surface area contributed by atoms with Crippen LogP contribution in [0, 0.1) is 0 Å². The molecule has 0 bridgehead atoms. The number of nitrogens with two attached hydrogens (primary N) is 2. The van der Waals surface area contributed by atoms with Crippen molar-refractivity contribution in [1.82, 2.24) is 5.32 Å². The van der Waals surface area contributed by atoms with E-state index in [9.17, 15) is 4.79 Å². The minimum atomic E-state index is -0.530. The van der Waals surface area contributed by atoms with Crippen LogP contribution in [-0.2, 0) is 4.79 Å². The van der Waals surface area contributed by atoms with E-state index >= 15 is 0 Å². The number of amides is 1. The Bertz CT molecular complexity index is 164. The summed E-state index contributed by atoms with van der Waals surface area (Å²) >= 11 is 0. The predicted molar refractivity (Wildman–Crippen MR) is 32.6 cm³/mol. The molecule has 0 aromatic carbocycles. The molecule has 0 radical (unpaired) electrons. The van der Waals surface area contributed by atoms with Gasteiger partial charge in [-0.15, -0.1) is 0 Å². The van der Waals surface area contributed by atoms with Gasteiger partial charge in [0, 0.05) is 0 Å². The Hall–Kier alpha value is -1.10. The third kappa shape index (κ3) is 1.17. The summed E-state index contributed by atoms with van der Waals surface area (Å²) in [6.07, 6.45) is 0. The van der Waals surface area contributed by atoms with Crippen molar-refractivity contribution in [2.45, 2.75) is 6.04 Å². The first-order valence-electron chi connectivity index (χ1n) is 2.56. The minimum absolute atomic E-state index is 0.154. The number of nitrogens with one attached hydrogen (secondary N) is 1. The van der Waals surface area contributed by atoms with E-state index in [1.807, 2.05) is 0 Å². The van der Waals surface area contributed by atoms with Gasteiger partial charge >= 0.3 is 0 Å². The molecular weight excluding hydrogens is 120 g/mol. The summed E-state index contributed by atoms with van der Waals surface area (Å²) in [6.45, 7) is 0.289. The summed E-state index contributed by atoms with van der Waals surface area (Å²) in [5, 5.41) is 2.29. The second kappa shape index (κ2) is 2.02. The summed E-state index contributed by atoms with van der Waals surface area (Å²) in [6, 6.07) is -0.530. The van der Waals surface area contributed by atoms with E-state index in [2.05, 4.69) is 10.3 Å². The number of aliphatic imine (C=N–C) groups is 1. The average molecular weight is 128 g/mol. The van der Waals surface area contributed by atoms with E-state index in [1.165, 1.54) is 0 Å². The Kier molecular flexibility index (Phi) is 1.35. The molecule has 9 heavy (non-hydrogen) atoms. The van der Waals surface area contributed by atoms with Gasteiger partial charge in [0.05, 0.1) is 6.54 Å². The second-order valence-electron chi connectivity index (χ2n) is 1.82. The van der Waals surface area contributed by atoms with E-state index < -0.39 is 6.04 Å². The maximum atomic E-state index is 10.6. The summed E-state index contributed by atoms with van der Waals surface area (Å²) in [5.74, 6) is -0.107. The van der Waals surface area contributed by atoms with Crippen molar-refractivity contribution in [2.75, 3.05) is 6.54 Å². The van der Waals surface area contributed by atoms with Gasteiger partial charge in [-0.1, -0.05) is 0 Å². The van der Waals surface area contributed by atoms with Crippen molar-refractivity contribution in [3.8, 4) is 0 Å². The fourth-order valence-corrected chi connectivity index (χ4v) is 0.538. The first kappa shape index (κ1) is 6.03. The van der Waals surface area contributed by atoms with Crippen LogP contribution >= 0.6 is 0 Å². The van der Waals surface area contributed by atoms with Gasteiger partial charge in [0.15, 0.2) is 5.96 Å². The van der Waals surface area contributed by atoms with Gasteiger partial charge in [-0.2, -0.15) is 0 Å². The fourth-order valence-electron chi connectivity index (χ4n) is 0.538. The maximum absolute atomic E-state index is 10.6. The number of rotatable bonds is 0. The van der Waals surface area contributed by atoms with E-state index in [0.717, 1.165) is 0 Å². The molecule has 1 atom stereocenters. The normalized spacial score (nSPS) is 27.0. The highest BCUT2D eigenvalue weighted by Crippen LogP contribution is 1.86. The topological polar surface area (TPSA) is 93.5 Å². The van der Waals surface area contributed by atoms with Crippen molar-refractivity contribution in [1.29, 1.82) is 0 Å². The number of carbonyl (C=O) groups is 1. The molecule has 5 nitrogen and oxygen atoms in total. The zero-order valence-corrected chi connectivity index (χ0v) is 4.79. The van der Waals surface area contributed by atoms with Crippen LogP contribution < -0.4 is 16.8 Å². The Morgan fingerprint density at radius 3 is 2.89 bits per heavy atom. The van der Waals surface area contributed by atoms with Crippen LogP contribution in [0.2, 0.25) is 0 Å². The molecule has 1 heterocycles. The molecule has 0 fully saturated rings. The molecule has 1 amide bonds. The maximum Gasteiger partial charge on any atom is 0.245 e. The van der Waals surface area contributed by atoms with Gasteiger partial charge in [0.25, 0.3) is 0 Å². The Labute approximate surface area is 52.1 Å². The molecule has 5 heteroatoms. The first-order valence-corrected chi connectivity index (χ1v) is 2.56. The van der Waals surface area contributed by atoms with Crippen molar-refractivity contribution in [2.24, 2.45) is 16.5 Å². The molecule has 1 aliphatic heterocycles. The van der Waals surface area contributed by atoms with E-state index in [1.54, 1.807) is 0 Å². The molecular formula is C4H8N4O. The molecule has 0 saturated heterocycles. The highest BCUT2D eigenvalue weighted by Gasteiger charge is 2.17. The molecule has 0 saturated carbocycles. The lowest BCUT2D eigenvalue weighted by atomic mass is 10.3. The van der Waals surface area contributed by atoms with Crippen LogP contribution in [0.4, 0.5) is 0 Å². The lowest BCUT2D eigenvalue weighted by Gasteiger charge is -2.14. The zero-order chi connectivity index (χ0) is 6.85. The smallest absolute Gasteiger partial charge is 0.245 e.